The molecule has 9 heteroatoms. The summed E-state index contributed by atoms with van der Waals surface area (Å²) in [6.07, 6.45) is 1.37. The number of carbonyl (C=O) groups is 2. The third kappa shape index (κ3) is 5.56. The molecule has 1 aliphatic heterocycles. The van der Waals surface area contributed by atoms with Gasteiger partial charge in [-0.1, -0.05) is 12.1 Å². The molecule has 2 heterocycles. The van der Waals surface area contributed by atoms with Gasteiger partial charge < -0.3 is 24.4 Å². The Morgan fingerprint density at radius 2 is 1.93 bits per heavy atom. The molecule has 1 aromatic heterocycles. The molecule has 3 amide bonds. The van der Waals surface area contributed by atoms with E-state index < -0.39 is 0 Å². The van der Waals surface area contributed by atoms with Gasteiger partial charge >= 0.3 is 6.03 Å². The molecule has 0 saturated carbocycles. The monoisotopic (exact) mass is 415 g/mol. The van der Waals surface area contributed by atoms with E-state index in [1.807, 2.05) is 13.8 Å². The van der Waals surface area contributed by atoms with Crippen LogP contribution in [0, 0.1) is 0 Å². The van der Waals surface area contributed by atoms with Crippen molar-refractivity contribution in [2.24, 2.45) is 0 Å². The lowest BCUT2D eigenvalue weighted by Crippen LogP contribution is -2.42. The first-order valence-electron chi connectivity index (χ1n) is 10.3. The highest BCUT2D eigenvalue weighted by molar-refractivity contribution is 5.94. The number of rotatable bonds is 7. The Bertz CT molecular complexity index is 845. The van der Waals surface area contributed by atoms with Gasteiger partial charge in [0.2, 0.25) is 0 Å². The van der Waals surface area contributed by atoms with Crippen molar-refractivity contribution in [1.82, 2.24) is 25.3 Å². The summed E-state index contributed by atoms with van der Waals surface area (Å²) in [6, 6.07) is 7.16. The van der Waals surface area contributed by atoms with Gasteiger partial charge in [-0.25, -0.2) is 4.79 Å². The molecule has 162 valence electrons. The van der Waals surface area contributed by atoms with Gasteiger partial charge in [-0.05, 0) is 37.6 Å². The fraction of sp³-hybridized carbons (Fsp3) is 0.524. The summed E-state index contributed by atoms with van der Waals surface area (Å²) in [4.78, 5) is 32.4. The molecule has 1 N–H and O–H groups in total. The highest BCUT2D eigenvalue weighted by Crippen LogP contribution is 2.19. The van der Waals surface area contributed by atoms with E-state index in [-0.39, 0.29) is 18.0 Å². The molecule has 1 unspecified atom stereocenters. The molecule has 1 aliphatic rings. The van der Waals surface area contributed by atoms with E-state index in [9.17, 15) is 9.59 Å². The molecule has 0 spiro atoms. The fourth-order valence-electron chi connectivity index (χ4n) is 2.97. The van der Waals surface area contributed by atoms with E-state index in [1.54, 1.807) is 41.1 Å². The first-order chi connectivity index (χ1) is 14.5. The zero-order chi connectivity index (χ0) is 21.5. The van der Waals surface area contributed by atoms with Gasteiger partial charge in [-0.2, -0.15) is 4.98 Å². The third-order valence-electron chi connectivity index (χ3n) is 5.14. The Kier molecular flexibility index (Phi) is 7.40. The third-order valence-corrected chi connectivity index (χ3v) is 5.14. The molecule has 30 heavy (non-hydrogen) atoms. The highest BCUT2D eigenvalue weighted by atomic mass is 16.5. The molecule has 0 aliphatic carbocycles. The summed E-state index contributed by atoms with van der Waals surface area (Å²) in [5.41, 5.74) is 1.37. The fourth-order valence-corrected chi connectivity index (χ4v) is 2.97. The number of carbonyl (C=O) groups excluding carboxylic acids is 2. The minimum atomic E-state index is -0.117. The number of morpholine rings is 1. The van der Waals surface area contributed by atoms with Gasteiger partial charge in [-0.3, -0.25) is 4.79 Å². The number of likely N-dealkylation sites (N-methyl/N-ethyl adjacent to an activating group) is 1. The quantitative estimate of drug-likeness (QED) is 0.744. The van der Waals surface area contributed by atoms with Crippen LogP contribution in [0.2, 0.25) is 0 Å². The second-order valence-electron chi connectivity index (χ2n) is 7.43. The number of nitrogens with one attached hydrogen (secondary N) is 1. The number of hydrogen-bond donors (Lipinski definition) is 1. The summed E-state index contributed by atoms with van der Waals surface area (Å²) < 4.78 is 10.6. The van der Waals surface area contributed by atoms with Crippen LogP contribution in [0.3, 0.4) is 0 Å². The largest absolute Gasteiger partial charge is 0.378 e. The van der Waals surface area contributed by atoms with Crippen LogP contribution < -0.4 is 5.32 Å². The minimum absolute atomic E-state index is 0.00484. The second kappa shape index (κ2) is 10.2. The standard InChI is InChI=1S/C21H29N5O4/c1-4-15(2)22-21(28)25(3)10-9-18-23-19(30-24-18)16-5-7-17(8-6-16)20(27)26-11-13-29-14-12-26/h5-8,15H,4,9-14H2,1-3H3,(H,22,28). The molecule has 0 bridgehead atoms. The summed E-state index contributed by atoms with van der Waals surface area (Å²) in [5.74, 6) is 0.915. The average Bonchev–Trinajstić information content (AvgIpc) is 3.26. The van der Waals surface area contributed by atoms with E-state index in [1.165, 1.54) is 0 Å². The molecule has 9 nitrogen and oxygen atoms in total. The van der Waals surface area contributed by atoms with Crippen molar-refractivity contribution in [2.75, 3.05) is 39.9 Å². The number of amides is 3. The first kappa shape index (κ1) is 21.8. The molecule has 0 radical (unpaired) electrons. The van der Waals surface area contributed by atoms with Crippen molar-refractivity contribution >= 4 is 11.9 Å². The molecular weight excluding hydrogens is 386 g/mol. The highest BCUT2D eigenvalue weighted by Gasteiger charge is 2.19. The van der Waals surface area contributed by atoms with Crippen molar-refractivity contribution < 1.29 is 18.8 Å². The van der Waals surface area contributed by atoms with Crippen LogP contribution in [0.4, 0.5) is 4.79 Å². The summed E-state index contributed by atoms with van der Waals surface area (Å²) in [5, 5.41) is 6.92. The lowest BCUT2D eigenvalue weighted by Gasteiger charge is -2.26. The van der Waals surface area contributed by atoms with Crippen LogP contribution in [-0.2, 0) is 11.2 Å². The van der Waals surface area contributed by atoms with Gasteiger partial charge in [0.25, 0.3) is 11.8 Å². The number of aromatic nitrogens is 2. The van der Waals surface area contributed by atoms with Crippen LogP contribution in [0.1, 0.15) is 36.5 Å². The SMILES string of the molecule is CCC(C)NC(=O)N(C)CCc1noc(-c2ccc(C(=O)N3CCOCC3)cc2)n1. The Morgan fingerprint density at radius 3 is 2.60 bits per heavy atom. The van der Waals surface area contributed by atoms with Gasteiger partial charge in [-0.15, -0.1) is 0 Å². The van der Waals surface area contributed by atoms with Crippen molar-refractivity contribution in [3.63, 3.8) is 0 Å². The predicted molar refractivity (Wildman–Crippen MR) is 111 cm³/mol. The molecule has 1 fully saturated rings. The minimum Gasteiger partial charge on any atom is -0.378 e. The summed E-state index contributed by atoms with van der Waals surface area (Å²) >= 11 is 0. The number of nitrogens with zero attached hydrogens (tertiary/aromatic N) is 4. The Hall–Kier alpha value is -2.94. The predicted octanol–water partition coefficient (Wildman–Crippen LogP) is 2.19. The maximum atomic E-state index is 12.5. The Morgan fingerprint density at radius 1 is 1.23 bits per heavy atom. The van der Waals surface area contributed by atoms with Gasteiger partial charge in [0.05, 0.1) is 13.2 Å². The second-order valence-corrected chi connectivity index (χ2v) is 7.43. The van der Waals surface area contributed by atoms with Crippen molar-refractivity contribution in [3.05, 3.63) is 35.7 Å². The molecule has 1 atom stereocenters. The van der Waals surface area contributed by atoms with Crippen molar-refractivity contribution in [3.8, 4) is 11.5 Å². The van der Waals surface area contributed by atoms with Crippen LogP contribution in [0.5, 0.6) is 0 Å². The summed E-state index contributed by atoms with van der Waals surface area (Å²) in [6.45, 7) is 6.84. The lowest BCUT2D eigenvalue weighted by atomic mass is 10.1. The van der Waals surface area contributed by atoms with Crippen molar-refractivity contribution in [2.45, 2.75) is 32.7 Å². The van der Waals surface area contributed by atoms with Crippen LogP contribution in [0.25, 0.3) is 11.5 Å². The van der Waals surface area contributed by atoms with Crippen LogP contribution in [0.15, 0.2) is 28.8 Å². The number of hydrogen-bond acceptors (Lipinski definition) is 6. The zero-order valence-corrected chi connectivity index (χ0v) is 17.8. The first-order valence-corrected chi connectivity index (χ1v) is 10.3. The van der Waals surface area contributed by atoms with Gasteiger partial charge in [0, 0.05) is 50.3 Å². The van der Waals surface area contributed by atoms with E-state index in [4.69, 9.17) is 9.26 Å². The van der Waals surface area contributed by atoms with Crippen LogP contribution >= 0.6 is 0 Å². The topological polar surface area (TPSA) is 101 Å². The van der Waals surface area contributed by atoms with Crippen molar-refractivity contribution in [1.29, 1.82) is 0 Å². The number of benzene rings is 1. The van der Waals surface area contributed by atoms with Gasteiger partial charge in [0.1, 0.15) is 0 Å². The molecule has 2 aromatic rings. The van der Waals surface area contributed by atoms with E-state index >= 15 is 0 Å². The smallest absolute Gasteiger partial charge is 0.317 e. The number of ether oxygens (including phenoxy) is 1. The molecule has 1 aromatic carbocycles. The molecule has 3 rings (SSSR count). The van der Waals surface area contributed by atoms with E-state index in [0.717, 1.165) is 12.0 Å². The Labute approximate surface area is 176 Å². The zero-order valence-electron chi connectivity index (χ0n) is 17.8. The number of urea groups is 1. The maximum absolute atomic E-state index is 12.5. The lowest BCUT2D eigenvalue weighted by molar-refractivity contribution is 0.0303. The van der Waals surface area contributed by atoms with E-state index in [0.29, 0.717) is 56.5 Å². The average molecular weight is 415 g/mol. The van der Waals surface area contributed by atoms with E-state index in [2.05, 4.69) is 15.5 Å². The maximum Gasteiger partial charge on any atom is 0.317 e. The van der Waals surface area contributed by atoms with Crippen LogP contribution in [-0.4, -0.2) is 77.8 Å². The normalized spacial score (nSPS) is 15.0. The summed E-state index contributed by atoms with van der Waals surface area (Å²) in [7, 11) is 1.74. The molecule has 1 saturated heterocycles. The van der Waals surface area contributed by atoms with Gasteiger partial charge in [0.15, 0.2) is 5.82 Å². The molecular formula is C21H29N5O4. The Balaban J connectivity index is 1.55.